The first-order valence-corrected chi connectivity index (χ1v) is 7.23. The van der Waals surface area contributed by atoms with Gasteiger partial charge in [-0.3, -0.25) is 0 Å². The molecular formula is C11H10ClN3O4S. The smallest absolute Gasteiger partial charge is 0.336 e. The van der Waals surface area contributed by atoms with E-state index in [4.69, 9.17) is 16.7 Å². The van der Waals surface area contributed by atoms with Crippen LogP contribution in [-0.2, 0) is 10.0 Å². The van der Waals surface area contributed by atoms with Crippen LogP contribution in [0.25, 0.3) is 0 Å². The van der Waals surface area contributed by atoms with Gasteiger partial charge in [-0.15, -0.1) is 0 Å². The number of nitrogens with zero attached hydrogens (tertiary/aromatic N) is 1. The molecule has 1 aromatic heterocycles. The summed E-state index contributed by atoms with van der Waals surface area (Å²) in [5.74, 6) is -1.22. The van der Waals surface area contributed by atoms with E-state index in [-0.39, 0.29) is 27.0 Å². The summed E-state index contributed by atoms with van der Waals surface area (Å²) < 4.78 is 26.7. The van der Waals surface area contributed by atoms with Gasteiger partial charge in [0.2, 0.25) is 5.95 Å². The van der Waals surface area contributed by atoms with Gasteiger partial charge < -0.3 is 10.1 Å². The maximum atomic E-state index is 12.2. The zero-order chi connectivity index (χ0) is 14.9. The Labute approximate surface area is 119 Å². The fourth-order valence-electron chi connectivity index (χ4n) is 1.66. The highest BCUT2D eigenvalue weighted by molar-refractivity contribution is 7.92. The molecule has 106 valence electrons. The third-order valence-electron chi connectivity index (χ3n) is 2.57. The normalized spacial score (nSPS) is 11.3. The summed E-state index contributed by atoms with van der Waals surface area (Å²) in [7, 11) is -3.98. The number of hydrogen-bond donors (Lipinski definition) is 3. The van der Waals surface area contributed by atoms with Crippen molar-refractivity contribution >= 4 is 33.5 Å². The zero-order valence-electron chi connectivity index (χ0n) is 10.2. The lowest BCUT2D eigenvalue weighted by molar-refractivity contribution is 0.0696. The fourth-order valence-corrected chi connectivity index (χ4v) is 3.21. The molecule has 0 atom stereocenters. The van der Waals surface area contributed by atoms with Crippen molar-refractivity contribution < 1.29 is 18.3 Å². The van der Waals surface area contributed by atoms with Gasteiger partial charge in [0, 0.05) is 17.4 Å². The first kappa shape index (κ1) is 14.4. The first-order chi connectivity index (χ1) is 9.31. The van der Waals surface area contributed by atoms with E-state index < -0.39 is 16.0 Å². The van der Waals surface area contributed by atoms with Crippen molar-refractivity contribution in [2.75, 3.05) is 4.72 Å². The van der Waals surface area contributed by atoms with E-state index in [9.17, 15) is 13.2 Å². The second-order valence-electron chi connectivity index (χ2n) is 3.92. The number of rotatable bonds is 4. The second kappa shape index (κ2) is 5.14. The number of aromatic carboxylic acids is 1. The van der Waals surface area contributed by atoms with E-state index in [0.29, 0.717) is 0 Å². The molecule has 0 unspecified atom stereocenters. The highest BCUT2D eigenvalue weighted by Crippen LogP contribution is 2.25. The number of halogens is 1. The van der Waals surface area contributed by atoms with Gasteiger partial charge in [0.05, 0.1) is 10.5 Å². The van der Waals surface area contributed by atoms with Crippen molar-refractivity contribution in [2.45, 2.75) is 11.8 Å². The lowest BCUT2D eigenvalue weighted by Gasteiger charge is -2.11. The Balaban J connectivity index is 2.54. The Morgan fingerprint density at radius 3 is 2.70 bits per heavy atom. The van der Waals surface area contributed by atoms with Gasteiger partial charge in [0.1, 0.15) is 0 Å². The molecule has 0 bridgehead atoms. The molecule has 2 rings (SSSR count). The van der Waals surface area contributed by atoms with E-state index in [1.165, 1.54) is 31.5 Å². The lowest BCUT2D eigenvalue weighted by Crippen LogP contribution is -2.16. The monoisotopic (exact) mass is 315 g/mol. The van der Waals surface area contributed by atoms with Crippen LogP contribution in [0.5, 0.6) is 0 Å². The van der Waals surface area contributed by atoms with Crippen molar-refractivity contribution in [1.82, 2.24) is 9.97 Å². The van der Waals surface area contributed by atoms with E-state index in [1.807, 2.05) is 0 Å². The molecule has 0 aliphatic rings. The molecule has 1 heterocycles. The van der Waals surface area contributed by atoms with Crippen molar-refractivity contribution in [3.05, 3.63) is 40.7 Å². The number of H-pyrrole nitrogens is 1. The van der Waals surface area contributed by atoms with Gasteiger partial charge in [0.25, 0.3) is 10.0 Å². The predicted molar refractivity (Wildman–Crippen MR) is 72.5 cm³/mol. The van der Waals surface area contributed by atoms with E-state index in [0.717, 1.165) is 0 Å². The number of anilines is 1. The molecule has 0 amide bonds. The molecule has 3 N–H and O–H groups in total. The van der Waals surface area contributed by atoms with Crippen LogP contribution in [-0.4, -0.2) is 29.5 Å². The number of nitrogens with one attached hydrogen (secondary N) is 2. The molecule has 0 saturated carbocycles. The molecule has 0 radical (unpaired) electrons. The Morgan fingerprint density at radius 1 is 1.45 bits per heavy atom. The number of aromatic amines is 1. The summed E-state index contributed by atoms with van der Waals surface area (Å²) in [5, 5.41) is 9.07. The number of carboxylic acids is 1. The van der Waals surface area contributed by atoms with Gasteiger partial charge in [0.15, 0.2) is 0 Å². The molecule has 1 aromatic carbocycles. The van der Waals surface area contributed by atoms with Crippen molar-refractivity contribution in [2.24, 2.45) is 0 Å². The van der Waals surface area contributed by atoms with Crippen LogP contribution >= 0.6 is 11.6 Å². The first-order valence-electron chi connectivity index (χ1n) is 5.37. The van der Waals surface area contributed by atoms with Crippen LogP contribution in [0.15, 0.2) is 29.4 Å². The van der Waals surface area contributed by atoms with E-state index in [1.54, 1.807) is 0 Å². The van der Waals surface area contributed by atoms with Crippen LogP contribution in [0.2, 0.25) is 5.02 Å². The summed E-state index contributed by atoms with van der Waals surface area (Å²) in [6.07, 6.45) is 2.83. The van der Waals surface area contributed by atoms with Gasteiger partial charge >= 0.3 is 5.97 Å². The van der Waals surface area contributed by atoms with Crippen LogP contribution in [0.4, 0.5) is 5.95 Å². The standard InChI is InChI=1S/C11H10ClN3O4S/c1-6-8(10(16)17)4-7(12)5-9(6)20(18,19)15-11-13-2-3-14-11/h2-5H,1H3,(H,16,17)(H2,13,14,15). The van der Waals surface area contributed by atoms with Crippen LogP contribution in [0.1, 0.15) is 15.9 Å². The van der Waals surface area contributed by atoms with Crippen molar-refractivity contribution in [3.63, 3.8) is 0 Å². The Morgan fingerprint density at radius 2 is 2.15 bits per heavy atom. The summed E-state index contributed by atoms with van der Waals surface area (Å²) in [5.41, 5.74) is -0.0710. The molecule has 0 aliphatic heterocycles. The average molecular weight is 316 g/mol. The predicted octanol–water partition coefficient (Wildman–Crippen LogP) is 1.87. The molecule has 0 aliphatic carbocycles. The number of carboxylic acid groups (broad SMARTS) is 1. The minimum atomic E-state index is -3.98. The molecular weight excluding hydrogens is 306 g/mol. The maximum absolute atomic E-state index is 12.2. The molecule has 20 heavy (non-hydrogen) atoms. The van der Waals surface area contributed by atoms with Crippen LogP contribution in [0, 0.1) is 6.92 Å². The SMILES string of the molecule is Cc1c(C(=O)O)cc(Cl)cc1S(=O)(=O)Nc1ncc[nH]1. The summed E-state index contributed by atoms with van der Waals surface area (Å²) in [6.45, 7) is 1.40. The Kier molecular flexibility index (Phi) is 3.69. The second-order valence-corrected chi connectivity index (χ2v) is 6.01. The van der Waals surface area contributed by atoms with Gasteiger partial charge in [-0.2, -0.15) is 0 Å². The number of hydrogen-bond acceptors (Lipinski definition) is 4. The molecule has 9 heteroatoms. The van der Waals surface area contributed by atoms with Crippen LogP contribution < -0.4 is 4.72 Å². The number of aromatic nitrogens is 2. The quantitative estimate of drug-likeness (QED) is 0.797. The minimum absolute atomic E-state index is 0.0211. The largest absolute Gasteiger partial charge is 0.478 e. The molecule has 7 nitrogen and oxygen atoms in total. The third kappa shape index (κ3) is 2.75. The highest BCUT2D eigenvalue weighted by atomic mass is 35.5. The summed E-state index contributed by atoms with van der Waals surface area (Å²) >= 11 is 5.77. The topological polar surface area (TPSA) is 112 Å². The molecule has 0 spiro atoms. The maximum Gasteiger partial charge on any atom is 0.336 e. The summed E-state index contributed by atoms with van der Waals surface area (Å²) in [4.78, 5) is 17.2. The van der Waals surface area contributed by atoms with E-state index >= 15 is 0 Å². The third-order valence-corrected chi connectivity index (χ3v) is 4.26. The average Bonchev–Trinajstić information content (AvgIpc) is 2.83. The van der Waals surface area contributed by atoms with Gasteiger partial charge in [-0.05, 0) is 24.6 Å². The molecule has 0 saturated heterocycles. The lowest BCUT2D eigenvalue weighted by atomic mass is 10.1. The van der Waals surface area contributed by atoms with Gasteiger partial charge in [-0.25, -0.2) is 22.9 Å². The number of sulfonamides is 1. The zero-order valence-corrected chi connectivity index (χ0v) is 11.8. The molecule has 0 fully saturated rings. The minimum Gasteiger partial charge on any atom is -0.478 e. The summed E-state index contributed by atoms with van der Waals surface area (Å²) in [6, 6.07) is 2.39. The number of benzene rings is 1. The number of imidazole rings is 1. The fraction of sp³-hybridized carbons (Fsp3) is 0.0909. The van der Waals surface area contributed by atoms with E-state index in [2.05, 4.69) is 14.7 Å². The number of carbonyl (C=O) groups is 1. The Hall–Kier alpha value is -2.06. The van der Waals surface area contributed by atoms with Crippen molar-refractivity contribution in [1.29, 1.82) is 0 Å². The van der Waals surface area contributed by atoms with Crippen LogP contribution in [0.3, 0.4) is 0 Å². The highest BCUT2D eigenvalue weighted by Gasteiger charge is 2.22. The van der Waals surface area contributed by atoms with Crippen molar-refractivity contribution in [3.8, 4) is 0 Å². The Bertz CT molecular complexity index is 756. The molecule has 2 aromatic rings. The van der Waals surface area contributed by atoms with Gasteiger partial charge in [-0.1, -0.05) is 11.6 Å².